The smallest absolute Gasteiger partial charge is 0.333 e. The molecule has 3 aromatic rings. The van der Waals surface area contributed by atoms with Crippen molar-refractivity contribution < 1.29 is 23.1 Å². The molecule has 3 rings (SSSR count). The molecule has 8 heteroatoms. The van der Waals surface area contributed by atoms with Crippen LogP contribution in [-0.4, -0.2) is 28.4 Å². The number of imidazole rings is 1. The molecule has 6 nitrogen and oxygen atoms in total. The Labute approximate surface area is 141 Å². The molecule has 0 aliphatic heterocycles. The molecule has 0 bridgehead atoms. The van der Waals surface area contributed by atoms with Gasteiger partial charge in [-0.05, 0) is 18.2 Å². The van der Waals surface area contributed by atoms with Gasteiger partial charge in [-0.1, -0.05) is 6.07 Å². The maximum absolute atomic E-state index is 14.0. The molecule has 0 aliphatic rings. The van der Waals surface area contributed by atoms with Gasteiger partial charge in [-0.15, -0.1) is 0 Å². The molecule has 0 saturated carbocycles. The predicted molar refractivity (Wildman–Crippen MR) is 83.8 cm³/mol. The number of nitrogens with one attached hydrogen (secondary N) is 1. The van der Waals surface area contributed by atoms with Gasteiger partial charge in [0.1, 0.15) is 17.3 Å². The first-order chi connectivity index (χ1) is 12.0. The molecule has 0 spiro atoms. The van der Waals surface area contributed by atoms with Gasteiger partial charge >= 0.3 is 5.97 Å². The Balaban J connectivity index is 1.91. The number of fused-ring (bicyclic) bond motifs is 1. The second-order valence-corrected chi connectivity index (χ2v) is 5.20. The number of amides is 1. The fraction of sp³-hybridized carbons (Fsp3) is 0.118. The number of rotatable bonds is 4. The molecule has 0 aliphatic carbocycles. The topological polar surface area (TPSA) is 72.7 Å². The van der Waals surface area contributed by atoms with Crippen molar-refractivity contribution in [1.29, 1.82) is 0 Å². The molecule has 1 amide bonds. The molecule has 0 saturated heterocycles. The zero-order valence-electron chi connectivity index (χ0n) is 13.1. The van der Waals surface area contributed by atoms with Crippen LogP contribution in [0.4, 0.5) is 8.78 Å². The van der Waals surface area contributed by atoms with Gasteiger partial charge in [0.05, 0.1) is 7.11 Å². The third-order valence-corrected chi connectivity index (χ3v) is 3.65. The van der Waals surface area contributed by atoms with Crippen LogP contribution in [0.1, 0.15) is 22.0 Å². The maximum Gasteiger partial charge on any atom is 0.333 e. The minimum absolute atomic E-state index is 0.191. The van der Waals surface area contributed by atoms with E-state index in [1.807, 2.05) is 0 Å². The molecule has 128 valence electrons. The quantitative estimate of drug-likeness (QED) is 0.736. The highest BCUT2D eigenvalue weighted by Crippen LogP contribution is 2.20. The number of nitrogens with zero attached hydrogens (tertiary/aromatic N) is 2. The van der Waals surface area contributed by atoms with E-state index in [2.05, 4.69) is 15.0 Å². The van der Waals surface area contributed by atoms with Gasteiger partial charge in [0.2, 0.25) is 0 Å². The Morgan fingerprint density at radius 2 is 2.00 bits per heavy atom. The van der Waals surface area contributed by atoms with Crippen molar-refractivity contribution >= 4 is 17.5 Å². The number of hydrogen-bond donors (Lipinski definition) is 1. The van der Waals surface area contributed by atoms with Crippen molar-refractivity contribution in [3.63, 3.8) is 0 Å². The van der Waals surface area contributed by atoms with E-state index in [-0.39, 0.29) is 11.1 Å². The number of benzene rings is 1. The summed E-state index contributed by atoms with van der Waals surface area (Å²) in [7, 11) is 1.11. The third-order valence-electron chi connectivity index (χ3n) is 3.65. The first-order valence-electron chi connectivity index (χ1n) is 7.26. The standard InChI is InChI=1S/C17H13F2N3O3/c1-25-17(24)15(12-3-2-11(18)9-13(12)19)21-16(23)10-4-6-22-7-5-20-14(22)8-10/h2-9,15H,1H3,(H,21,23)/t15-/m1/s1. The number of hydrogen-bond acceptors (Lipinski definition) is 4. The number of carbonyl (C=O) groups excluding carboxylic acids is 2. The summed E-state index contributed by atoms with van der Waals surface area (Å²) in [6.07, 6.45) is 4.91. The summed E-state index contributed by atoms with van der Waals surface area (Å²) >= 11 is 0. The number of methoxy groups -OCH3 is 1. The van der Waals surface area contributed by atoms with Crippen molar-refractivity contribution in [3.8, 4) is 0 Å². The lowest BCUT2D eigenvalue weighted by Crippen LogP contribution is -2.35. The second-order valence-electron chi connectivity index (χ2n) is 5.20. The van der Waals surface area contributed by atoms with Crippen LogP contribution < -0.4 is 5.32 Å². The van der Waals surface area contributed by atoms with Gasteiger partial charge in [0.25, 0.3) is 5.91 Å². The molecular formula is C17H13F2N3O3. The first kappa shape index (κ1) is 16.6. The van der Waals surface area contributed by atoms with Crippen molar-refractivity contribution in [3.05, 3.63) is 71.7 Å². The molecule has 1 atom stereocenters. The Morgan fingerprint density at radius 3 is 2.72 bits per heavy atom. The van der Waals surface area contributed by atoms with Gasteiger partial charge in [-0.25, -0.2) is 18.6 Å². The lowest BCUT2D eigenvalue weighted by atomic mass is 10.1. The number of esters is 1. The number of aromatic nitrogens is 2. The molecule has 1 N–H and O–H groups in total. The monoisotopic (exact) mass is 345 g/mol. The zero-order chi connectivity index (χ0) is 18.0. The van der Waals surface area contributed by atoms with E-state index >= 15 is 0 Å². The lowest BCUT2D eigenvalue weighted by Gasteiger charge is -2.17. The zero-order valence-corrected chi connectivity index (χ0v) is 13.1. The summed E-state index contributed by atoms with van der Waals surface area (Å²) in [6.45, 7) is 0. The Kier molecular flexibility index (Phi) is 4.42. The van der Waals surface area contributed by atoms with E-state index in [4.69, 9.17) is 0 Å². The van der Waals surface area contributed by atoms with Gasteiger partial charge < -0.3 is 14.5 Å². The first-order valence-corrected chi connectivity index (χ1v) is 7.26. The Bertz CT molecular complexity index is 955. The predicted octanol–water partition coefficient (Wildman–Crippen LogP) is 2.26. The highest BCUT2D eigenvalue weighted by molar-refractivity contribution is 5.97. The summed E-state index contributed by atoms with van der Waals surface area (Å²) in [5, 5.41) is 2.40. The minimum atomic E-state index is -1.41. The fourth-order valence-corrected chi connectivity index (χ4v) is 2.38. The summed E-state index contributed by atoms with van der Waals surface area (Å²) in [4.78, 5) is 28.5. The third kappa shape index (κ3) is 3.32. The number of halogens is 2. The van der Waals surface area contributed by atoms with Crippen LogP contribution in [0.5, 0.6) is 0 Å². The number of pyridine rings is 1. The van der Waals surface area contributed by atoms with Gasteiger partial charge in [0.15, 0.2) is 6.04 Å². The molecule has 0 fully saturated rings. The highest BCUT2D eigenvalue weighted by Gasteiger charge is 2.27. The van der Waals surface area contributed by atoms with Crippen molar-refractivity contribution in [2.45, 2.75) is 6.04 Å². The van der Waals surface area contributed by atoms with Crippen LogP contribution in [0, 0.1) is 11.6 Å². The van der Waals surface area contributed by atoms with Crippen LogP contribution in [0.2, 0.25) is 0 Å². The molecule has 1 aromatic carbocycles. The van der Waals surface area contributed by atoms with E-state index in [1.165, 1.54) is 12.1 Å². The van der Waals surface area contributed by atoms with Crippen molar-refractivity contribution in [2.24, 2.45) is 0 Å². The van der Waals surface area contributed by atoms with Gasteiger partial charge in [-0.3, -0.25) is 4.79 Å². The number of carbonyl (C=O) groups is 2. The summed E-state index contributed by atoms with van der Waals surface area (Å²) in [5.41, 5.74) is 0.578. The molecule has 2 aromatic heterocycles. The van der Waals surface area contributed by atoms with Crippen LogP contribution in [0.15, 0.2) is 48.9 Å². The van der Waals surface area contributed by atoms with Gasteiger partial charge in [-0.2, -0.15) is 0 Å². The fourth-order valence-electron chi connectivity index (χ4n) is 2.38. The molecular weight excluding hydrogens is 332 g/mol. The molecule has 25 heavy (non-hydrogen) atoms. The largest absolute Gasteiger partial charge is 0.467 e. The Hall–Kier alpha value is -3.29. The van der Waals surface area contributed by atoms with Crippen molar-refractivity contribution in [2.75, 3.05) is 7.11 Å². The number of ether oxygens (including phenoxy) is 1. The van der Waals surface area contributed by atoms with E-state index in [1.54, 1.807) is 23.0 Å². The van der Waals surface area contributed by atoms with Crippen LogP contribution >= 0.6 is 0 Å². The van der Waals surface area contributed by atoms with Crippen LogP contribution in [0.25, 0.3) is 5.65 Å². The van der Waals surface area contributed by atoms with E-state index < -0.39 is 29.6 Å². The van der Waals surface area contributed by atoms with Gasteiger partial charge in [0, 0.05) is 35.8 Å². The van der Waals surface area contributed by atoms with E-state index in [9.17, 15) is 18.4 Å². The van der Waals surface area contributed by atoms with Crippen molar-refractivity contribution in [1.82, 2.24) is 14.7 Å². The van der Waals surface area contributed by atoms with E-state index in [0.29, 0.717) is 11.7 Å². The summed E-state index contributed by atoms with van der Waals surface area (Å²) in [6, 6.07) is 4.36. The lowest BCUT2D eigenvalue weighted by molar-refractivity contribution is -0.143. The maximum atomic E-state index is 14.0. The van der Waals surface area contributed by atoms with E-state index in [0.717, 1.165) is 19.2 Å². The second kappa shape index (κ2) is 6.68. The minimum Gasteiger partial charge on any atom is -0.467 e. The summed E-state index contributed by atoms with van der Waals surface area (Å²) < 4.78 is 33.4. The molecule has 2 heterocycles. The normalized spacial score (nSPS) is 12.0. The average Bonchev–Trinajstić information content (AvgIpc) is 3.07. The van der Waals surface area contributed by atoms with Crippen LogP contribution in [0.3, 0.4) is 0 Å². The SMILES string of the molecule is COC(=O)[C@H](NC(=O)c1ccn2ccnc2c1)c1ccc(F)cc1F. The summed E-state index contributed by atoms with van der Waals surface area (Å²) in [5.74, 6) is -3.24. The average molecular weight is 345 g/mol. The molecule has 0 unspecified atom stereocenters. The van der Waals surface area contributed by atoms with Crippen LogP contribution in [-0.2, 0) is 9.53 Å². The highest BCUT2D eigenvalue weighted by atomic mass is 19.1. The molecule has 0 radical (unpaired) electrons. The Morgan fingerprint density at radius 1 is 1.20 bits per heavy atom.